The van der Waals surface area contributed by atoms with Crippen molar-refractivity contribution in [3.05, 3.63) is 42.2 Å². The maximum Gasteiger partial charge on any atom is 0.159 e. The van der Waals surface area contributed by atoms with E-state index in [1.165, 1.54) is 95.5 Å². The molecule has 0 N–H and O–H groups in total. The molecule has 0 fully saturated rings. The Balaban J connectivity index is 1.58. The van der Waals surface area contributed by atoms with Gasteiger partial charge in [0.25, 0.3) is 0 Å². The minimum Gasteiger partial charge on any atom is -0.494 e. The van der Waals surface area contributed by atoms with Crippen LogP contribution in [0.1, 0.15) is 123 Å². The molecule has 34 heavy (non-hydrogen) atoms. The molecule has 1 aromatic carbocycles. The Morgan fingerprint density at radius 3 is 1.91 bits per heavy atom. The van der Waals surface area contributed by atoms with Gasteiger partial charge in [0.05, 0.1) is 6.61 Å². The third kappa shape index (κ3) is 12.5. The molecule has 0 bridgehead atoms. The minimum atomic E-state index is 0.795. The summed E-state index contributed by atoms with van der Waals surface area (Å²) in [6, 6.07) is 8.20. The summed E-state index contributed by atoms with van der Waals surface area (Å²) in [6.07, 6.45) is 25.1. The fraction of sp³-hybridized carbons (Fsp3) is 0.677. The van der Waals surface area contributed by atoms with E-state index in [-0.39, 0.29) is 0 Å². The second kappa shape index (κ2) is 18.4. The summed E-state index contributed by atoms with van der Waals surface area (Å²) in [5.41, 5.74) is 2.29. The topological polar surface area (TPSA) is 35.0 Å². The normalized spacial score (nSPS) is 12.1. The molecule has 1 heterocycles. The Morgan fingerprint density at radius 1 is 0.706 bits per heavy atom. The number of nitrogens with zero attached hydrogens (tertiary/aromatic N) is 2. The number of aromatic nitrogens is 2. The molecule has 0 saturated carbocycles. The number of ether oxygens (including phenoxy) is 1. The Bertz CT molecular complexity index is 726. The van der Waals surface area contributed by atoms with Crippen LogP contribution in [0.5, 0.6) is 5.75 Å². The van der Waals surface area contributed by atoms with Crippen molar-refractivity contribution < 1.29 is 4.74 Å². The van der Waals surface area contributed by atoms with E-state index < -0.39 is 0 Å². The van der Waals surface area contributed by atoms with Crippen molar-refractivity contribution in [3.8, 4) is 17.1 Å². The van der Waals surface area contributed by atoms with E-state index >= 15 is 0 Å². The molecule has 3 nitrogen and oxygen atoms in total. The van der Waals surface area contributed by atoms with Crippen LogP contribution in [0.25, 0.3) is 11.4 Å². The molecule has 0 aliphatic heterocycles. The molecular weight excluding hydrogens is 416 g/mol. The van der Waals surface area contributed by atoms with Crippen molar-refractivity contribution in [1.29, 1.82) is 0 Å². The lowest BCUT2D eigenvalue weighted by Crippen LogP contribution is -1.98. The van der Waals surface area contributed by atoms with Gasteiger partial charge in [-0.1, -0.05) is 104 Å². The fourth-order valence-electron chi connectivity index (χ4n) is 4.32. The Morgan fingerprint density at radius 2 is 1.29 bits per heavy atom. The Labute approximate surface area is 210 Å². The standard InChI is InChI=1S/C31H50N2O/c1-4-6-7-8-9-10-11-12-13-16-19-28-25-32-31(33-26-28)29-20-22-30(23-21-29)34-24-17-14-15-18-27(3)5-2/h20-23,25-27H,4-19,24H2,1-3H3. The number of benzene rings is 1. The highest BCUT2D eigenvalue weighted by Gasteiger charge is 2.04. The molecule has 2 rings (SSSR count). The average Bonchev–Trinajstić information content (AvgIpc) is 2.88. The molecule has 2 aromatic rings. The number of hydrogen-bond acceptors (Lipinski definition) is 3. The van der Waals surface area contributed by atoms with Crippen LogP contribution in [0.4, 0.5) is 0 Å². The van der Waals surface area contributed by atoms with Gasteiger partial charge in [-0.2, -0.15) is 0 Å². The van der Waals surface area contributed by atoms with Crippen LogP contribution in [0.3, 0.4) is 0 Å². The van der Waals surface area contributed by atoms with E-state index in [2.05, 4.69) is 42.9 Å². The lowest BCUT2D eigenvalue weighted by molar-refractivity contribution is 0.302. The van der Waals surface area contributed by atoms with Gasteiger partial charge in [-0.15, -0.1) is 0 Å². The van der Waals surface area contributed by atoms with Crippen molar-refractivity contribution in [3.63, 3.8) is 0 Å². The van der Waals surface area contributed by atoms with Crippen molar-refractivity contribution in [1.82, 2.24) is 9.97 Å². The van der Waals surface area contributed by atoms with Crippen molar-refractivity contribution in [2.75, 3.05) is 6.61 Å². The van der Waals surface area contributed by atoms with E-state index in [9.17, 15) is 0 Å². The average molecular weight is 467 g/mol. The van der Waals surface area contributed by atoms with E-state index in [1.54, 1.807) is 0 Å². The molecular formula is C31H50N2O. The van der Waals surface area contributed by atoms with Gasteiger partial charge < -0.3 is 4.74 Å². The van der Waals surface area contributed by atoms with Crippen molar-refractivity contribution >= 4 is 0 Å². The highest BCUT2D eigenvalue weighted by Crippen LogP contribution is 2.20. The second-order valence-electron chi connectivity index (χ2n) is 10.1. The number of aryl methyl sites for hydroxylation is 1. The maximum absolute atomic E-state index is 5.91. The summed E-state index contributed by atoms with van der Waals surface area (Å²) in [4.78, 5) is 9.22. The van der Waals surface area contributed by atoms with Crippen LogP contribution in [0.15, 0.2) is 36.7 Å². The first-order chi connectivity index (χ1) is 16.7. The van der Waals surface area contributed by atoms with Crippen LogP contribution in [-0.4, -0.2) is 16.6 Å². The van der Waals surface area contributed by atoms with E-state index in [0.717, 1.165) is 42.5 Å². The molecule has 1 unspecified atom stereocenters. The van der Waals surface area contributed by atoms with Gasteiger partial charge in [0, 0.05) is 18.0 Å². The maximum atomic E-state index is 5.91. The first-order valence-electron chi connectivity index (χ1n) is 14.3. The first kappa shape index (κ1) is 28.3. The number of rotatable bonds is 20. The molecule has 1 atom stereocenters. The van der Waals surface area contributed by atoms with Gasteiger partial charge in [0.2, 0.25) is 0 Å². The lowest BCUT2D eigenvalue weighted by Gasteiger charge is -2.09. The Hall–Kier alpha value is -1.90. The van der Waals surface area contributed by atoms with Crippen LogP contribution in [0.2, 0.25) is 0 Å². The second-order valence-corrected chi connectivity index (χ2v) is 10.1. The van der Waals surface area contributed by atoms with Crippen LogP contribution in [0, 0.1) is 5.92 Å². The monoisotopic (exact) mass is 466 g/mol. The van der Waals surface area contributed by atoms with Gasteiger partial charge in [0.15, 0.2) is 5.82 Å². The molecule has 3 heteroatoms. The molecule has 0 amide bonds. The first-order valence-corrected chi connectivity index (χ1v) is 14.3. The summed E-state index contributed by atoms with van der Waals surface area (Å²) >= 11 is 0. The van der Waals surface area contributed by atoms with Gasteiger partial charge in [-0.3, -0.25) is 0 Å². The summed E-state index contributed by atoms with van der Waals surface area (Å²) in [6.45, 7) is 7.69. The largest absolute Gasteiger partial charge is 0.494 e. The minimum absolute atomic E-state index is 0.795. The summed E-state index contributed by atoms with van der Waals surface area (Å²) < 4.78 is 5.91. The van der Waals surface area contributed by atoms with Crippen molar-refractivity contribution in [2.24, 2.45) is 5.92 Å². The number of unbranched alkanes of at least 4 members (excludes halogenated alkanes) is 11. The van der Waals surface area contributed by atoms with Crippen LogP contribution < -0.4 is 4.74 Å². The summed E-state index contributed by atoms with van der Waals surface area (Å²) in [7, 11) is 0. The SMILES string of the molecule is CCCCCCCCCCCCc1cnc(-c2ccc(OCCCCCC(C)CC)cc2)nc1. The number of hydrogen-bond donors (Lipinski definition) is 0. The van der Waals surface area contributed by atoms with Gasteiger partial charge >= 0.3 is 0 Å². The van der Waals surface area contributed by atoms with Crippen LogP contribution in [-0.2, 0) is 6.42 Å². The molecule has 1 aromatic heterocycles. The van der Waals surface area contributed by atoms with E-state index in [1.807, 2.05) is 24.5 Å². The molecule has 0 aliphatic carbocycles. The highest BCUT2D eigenvalue weighted by molar-refractivity contribution is 5.55. The smallest absolute Gasteiger partial charge is 0.159 e. The molecule has 0 radical (unpaired) electrons. The third-order valence-electron chi connectivity index (χ3n) is 6.94. The summed E-state index contributed by atoms with van der Waals surface area (Å²) in [5, 5.41) is 0. The van der Waals surface area contributed by atoms with Gasteiger partial charge in [-0.05, 0) is 55.0 Å². The van der Waals surface area contributed by atoms with Gasteiger partial charge in [-0.25, -0.2) is 9.97 Å². The highest BCUT2D eigenvalue weighted by atomic mass is 16.5. The Kier molecular flexibility index (Phi) is 15.4. The predicted molar refractivity (Wildman–Crippen MR) is 146 cm³/mol. The van der Waals surface area contributed by atoms with Crippen molar-refractivity contribution in [2.45, 2.75) is 124 Å². The van der Waals surface area contributed by atoms with E-state index in [0.29, 0.717) is 0 Å². The molecule has 0 saturated heterocycles. The van der Waals surface area contributed by atoms with Crippen LogP contribution >= 0.6 is 0 Å². The fourth-order valence-corrected chi connectivity index (χ4v) is 4.32. The predicted octanol–water partition coefficient (Wildman–Crippen LogP) is 9.59. The third-order valence-corrected chi connectivity index (χ3v) is 6.94. The zero-order valence-electron chi connectivity index (χ0n) is 22.4. The summed E-state index contributed by atoms with van der Waals surface area (Å²) in [5.74, 6) is 2.58. The van der Waals surface area contributed by atoms with E-state index in [4.69, 9.17) is 4.74 Å². The van der Waals surface area contributed by atoms with Gasteiger partial charge in [0.1, 0.15) is 5.75 Å². The molecule has 0 spiro atoms. The molecule has 190 valence electrons. The zero-order chi connectivity index (χ0) is 24.3. The quantitative estimate of drug-likeness (QED) is 0.182. The molecule has 0 aliphatic rings. The lowest BCUT2D eigenvalue weighted by atomic mass is 10.0. The zero-order valence-corrected chi connectivity index (χ0v) is 22.4.